The standard InChI is InChI=1S/C11H20O3Si/c1-14-11(13)7-5-6-10(12)8-9-15(2,3)4/h10,12H,5-7H2,1-4H3/t10-/m0/s1. The minimum absolute atomic E-state index is 0.236. The zero-order valence-electron chi connectivity index (χ0n) is 9.96. The molecule has 1 atom stereocenters. The SMILES string of the molecule is COC(=O)CCC[C@H](O)C#C[Si](C)(C)C. The van der Waals surface area contributed by atoms with Crippen molar-refractivity contribution in [3.8, 4) is 11.5 Å². The number of carbonyl (C=O) groups is 1. The van der Waals surface area contributed by atoms with Crippen molar-refractivity contribution in [2.24, 2.45) is 0 Å². The first-order valence-electron chi connectivity index (χ1n) is 5.13. The lowest BCUT2D eigenvalue weighted by Gasteiger charge is -2.06. The van der Waals surface area contributed by atoms with Gasteiger partial charge in [-0.1, -0.05) is 25.6 Å². The third-order valence-corrected chi connectivity index (χ3v) is 2.59. The number of rotatable bonds is 4. The van der Waals surface area contributed by atoms with Crippen LogP contribution >= 0.6 is 0 Å². The van der Waals surface area contributed by atoms with Gasteiger partial charge in [0.1, 0.15) is 14.2 Å². The van der Waals surface area contributed by atoms with Crippen molar-refractivity contribution in [3.05, 3.63) is 0 Å². The van der Waals surface area contributed by atoms with Gasteiger partial charge in [-0.3, -0.25) is 4.79 Å². The maximum Gasteiger partial charge on any atom is 0.305 e. The number of hydrogen-bond acceptors (Lipinski definition) is 3. The van der Waals surface area contributed by atoms with E-state index >= 15 is 0 Å². The molecule has 4 heteroatoms. The average molecular weight is 228 g/mol. The summed E-state index contributed by atoms with van der Waals surface area (Å²) < 4.78 is 4.50. The molecule has 0 aromatic carbocycles. The fraction of sp³-hybridized carbons (Fsp3) is 0.727. The third kappa shape index (κ3) is 9.51. The molecule has 0 rings (SSSR count). The quantitative estimate of drug-likeness (QED) is 0.451. The number of methoxy groups -OCH3 is 1. The normalized spacial score (nSPS) is 12.6. The van der Waals surface area contributed by atoms with Crippen LogP contribution in [0.25, 0.3) is 0 Å². The number of aliphatic hydroxyl groups is 1. The second-order valence-electron chi connectivity index (χ2n) is 4.50. The Kier molecular flexibility index (Phi) is 6.30. The van der Waals surface area contributed by atoms with Crippen LogP contribution in [0.15, 0.2) is 0 Å². The Labute approximate surface area is 92.8 Å². The van der Waals surface area contributed by atoms with Crippen LogP contribution in [0.5, 0.6) is 0 Å². The minimum Gasteiger partial charge on any atom is -0.469 e. The third-order valence-electron chi connectivity index (χ3n) is 1.70. The first-order chi connectivity index (χ1) is 6.85. The summed E-state index contributed by atoms with van der Waals surface area (Å²) >= 11 is 0. The molecule has 0 spiro atoms. The molecular formula is C11H20O3Si. The van der Waals surface area contributed by atoms with E-state index in [9.17, 15) is 9.90 Å². The summed E-state index contributed by atoms with van der Waals surface area (Å²) in [5, 5.41) is 9.49. The maximum atomic E-state index is 10.8. The molecule has 1 N–H and O–H groups in total. The van der Waals surface area contributed by atoms with E-state index in [4.69, 9.17) is 0 Å². The molecule has 0 aliphatic heterocycles. The molecule has 0 radical (unpaired) electrons. The van der Waals surface area contributed by atoms with Gasteiger partial charge in [0.15, 0.2) is 0 Å². The van der Waals surface area contributed by atoms with Gasteiger partial charge in [0, 0.05) is 6.42 Å². The van der Waals surface area contributed by atoms with E-state index in [1.807, 2.05) is 0 Å². The van der Waals surface area contributed by atoms with E-state index < -0.39 is 14.2 Å². The molecule has 0 aromatic rings. The van der Waals surface area contributed by atoms with Gasteiger partial charge in [-0.2, -0.15) is 0 Å². The Morgan fingerprint density at radius 2 is 2.07 bits per heavy atom. The zero-order valence-corrected chi connectivity index (χ0v) is 11.0. The van der Waals surface area contributed by atoms with Gasteiger partial charge in [-0.25, -0.2) is 0 Å². The molecule has 0 bridgehead atoms. The number of aliphatic hydroxyl groups excluding tert-OH is 1. The lowest BCUT2D eigenvalue weighted by atomic mass is 10.1. The molecule has 15 heavy (non-hydrogen) atoms. The van der Waals surface area contributed by atoms with Crippen molar-refractivity contribution in [1.29, 1.82) is 0 Å². The van der Waals surface area contributed by atoms with Gasteiger partial charge in [-0.15, -0.1) is 5.54 Å². The fourth-order valence-electron chi connectivity index (χ4n) is 0.914. The Balaban J connectivity index is 3.79. The lowest BCUT2D eigenvalue weighted by molar-refractivity contribution is -0.140. The molecule has 0 saturated carbocycles. The first kappa shape index (κ1) is 14.2. The molecule has 3 nitrogen and oxygen atoms in total. The van der Waals surface area contributed by atoms with Crippen LogP contribution in [0.2, 0.25) is 19.6 Å². The zero-order chi connectivity index (χ0) is 11.9. The summed E-state index contributed by atoms with van der Waals surface area (Å²) in [5.74, 6) is 2.59. The molecule has 0 aliphatic rings. The second kappa shape index (κ2) is 6.65. The van der Waals surface area contributed by atoms with Crippen LogP contribution < -0.4 is 0 Å². The lowest BCUT2D eigenvalue weighted by Crippen LogP contribution is -2.18. The summed E-state index contributed by atoms with van der Waals surface area (Å²) in [5.41, 5.74) is 3.10. The average Bonchev–Trinajstić information content (AvgIpc) is 2.13. The monoisotopic (exact) mass is 228 g/mol. The van der Waals surface area contributed by atoms with Crippen molar-refractivity contribution in [1.82, 2.24) is 0 Å². The Bertz CT molecular complexity index is 257. The summed E-state index contributed by atoms with van der Waals surface area (Å²) in [6.07, 6.45) is 0.893. The van der Waals surface area contributed by atoms with Gasteiger partial charge >= 0.3 is 5.97 Å². The van der Waals surface area contributed by atoms with E-state index in [0.29, 0.717) is 19.3 Å². The maximum absolute atomic E-state index is 10.8. The van der Waals surface area contributed by atoms with Crippen LogP contribution in [0, 0.1) is 11.5 Å². The molecule has 0 fully saturated rings. The molecule has 0 saturated heterocycles. The molecule has 86 valence electrons. The van der Waals surface area contributed by atoms with E-state index in [0.717, 1.165) is 0 Å². The highest BCUT2D eigenvalue weighted by Gasteiger charge is 2.09. The van der Waals surface area contributed by atoms with Crippen LogP contribution in [-0.4, -0.2) is 32.4 Å². The predicted molar refractivity (Wildman–Crippen MR) is 63.0 cm³/mol. The van der Waals surface area contributed by atoms with E-state index in [1.165, 1.54) is 7.11 Å². The van der Waals surface area contributed by atoms with E-state index in [2.05, 4.69) is 35.8 Å². The molecular weight excluding hydrogens is 208 g/mol. The van der Waals surface area contributed by atoms with Gasteiger partial charge in [0.25, 0.3) is 0 Å². The van der Waals surface area contributed by atoms with E-state index in [-0.39, 0.29) is 5.97 Å². The molecule has 0 unspecified atom stereocenters. The van der Waals surface area contributed by atoms with Crippen LogP contribution in [0.1, 0.15) is 19.3 Å². The summed E-state index contributed by atoms with van der Waals surface area (Å²) in [6, 6.07) is 0. The van der Waals surface area contributed by atoms with Crippen molar-refractivity contribution in [2.75, 3.05) is 7.11 Å². The summed E-state index contributed by atoms with van der Waals surface area (Å²) in [7, 11) is -0.0358. The predicted octanol–water partition coefficient (Wildman–Crippen LogP) is 1.57. The number of hydrogen-bond donors (Lipinski definition) is 1. The highest BCUT2D eigenvalue weighted by Crippen LogP contribution is 2.02. The number of esters is 1. The number of ether oxygens (including phenoxy) is 1. The van der Waals surface area contributed by atoms with Crippen LogP contribution in [0.3, 0.4) is 0 Å². The van der Waals surface area contributed by atoms with Crippen molar-refractivity contribution < 1.29 is 14.6 Å². The van der Waals surface area contributed by atoms with E-state index in [1.54, 1.807) is 0 Å². The van der Waals surface area contributed by atoms with Crippen LogP contribution in [-0.2, 0) is 9.53 Å². The first-order valence-corrected chi connectivity index (χ1v) is 8.63. The van der Waals surface area contributed by atoms with Crippen molar-refractivity contribution >= 4 is 14.0 Å². The van der Waals surface area contributed by atoms with Crippen molar-refractivity contribution in [3.63, 3.8) is 0 Å². The van der Waals surface area contributed by atoms with Gasteiger partial charge in [0.05, 0.1) is 7.11 Å². The largest absolute Gasteiger partial charge is 0.469 e. The Morgan fingerprint density at radius 3 is 2.53 bits per heavy atom. The Hall–Kier alpha value is -0.793. The van der Waals surface area contributed by atoms with Gasteiger partial charge < -0.3 is 9.84 Å². The molecule has 0 aliphatic carbocycles. The smallest absolute Gasteiger partial charge is 0.305 e. The number of carbonyl (C=O) groups excluding carboxylic acids is 1. The summed E-state index contributed by atoms with van der Waals surface area (Å²) in [4.78, 5) is 10.8. The summed E-state index contributed by atoms with van der Waals surface area (Å²) in [6.45, 7) is 6.38. The second-order valence-corrected chi connectivity index (χ2v) is 9.25. The molecule has 0 heterocycles. The topological polar surface area (TPSA) is 46.5 Å². The highest BCUT2D eigenvalue weighted by atomic mass is 28.3. The van der Waals surface area contributed by atoms with Crippen molar-refractivity contribution in [2.45, 2.75) is 45.0 Å². The van der Waals surface area contributed by atoms with Crippen LogP contribution in [0.4, 0.5) is 0 Å². The highest BCUT2D eigenvalue weighted by molar-refractivity contribution is 6.83. The molecule has 0 amide bonds. The van der Waals surface area contributed by atoms with Gasteiger partial charge in [-0.05, 0) is 12.8 Å². The molecule has 0 aromatic heterocycles. The fourth-order valence-corrected chi connectivity index (χ4v) is 1.51. The van der Waals surface area contributed by atoms with Gasteiger partial charge in [0.2, 0.25) is 0 Å². The minimum atomic E-state index is -1.40. The Morgan fingerprint density at radius 1 is 1.47 bits per heavy atom.